The highest BCUT2D eigenvalue weighted by molar-refractivity contribution is 5.95. The van der Waals surface area contributed by atoms with Gasteiger partial charge in [-0.1, -0.05) is 48.5 Å². The number of benzene rings is 2. The molecule has 2 aromatic carbocycles. The average molecular weight is 522 g/mol. The highest BCUT2D eigenvalue weighted by Gasteiger charge is 2.51. The smallest absolute Gasteiger partial charge is 0.288 e. The molecule has 2 fully saturated rings. The highest BCUT2D eigenvalue weighted by Crippen LogP contribution is 2.37. The maximum Gasteiger partial charge on any atom is 0.288 e. The van der Waals surface area contributed by atoms with E-state index < -0.39 is 11.8 Å². The number of nitrogens with zero attached hydrogens (tertiary/aromatic N) is 2. The highest BCUT2D eigenvalue weighted by atomic mass is 16.7. The summed E-state index contributed by atoms with van der Waals surface area (Å²) in [6, 6.07) is 19.9. The fourth-order valence-corrected chi connectivity index (χ4v) is 5.52. The van der Waals surface area contributed by atoms with Gasteiger partial charge in [0.25, 0.3) is 5.91 Å². The molecule has 38 heavy (non-hydrogen) atoms. The summed E-state index contributed by atoms with van der Waals surface area (Å²) >= 11 is 0. The van der Waals surface area contributed by atoms with Gasteiger partial charge in [-0.3, -0.25) is 9.59 Å². The number of hydrogen-bond donors (Lipinski definition) is 2. The van der Waals surface area contributed by atoms with Crippen LogP contribution in [0.25, 0.3) is 0 Å². The van der Waals surface area contributed by atoms with E-state index in [1.165, 1.54) is 0 Å². The summed E-state index contributed by atoms with van der Waals surface area (Å²) in [5, 5.41) is 11.9. The van der Waals surface area contributed by atoms with E-state index in [2.05, 4.69) is 10.2 Å². The van der Waals surface area contributed by atoms with Gasteiger partial charge in [-0.2, -0.15) is 0 Å². The summed E-state index contributed by atoms with van der Waals surface area (Å²) < 4.78 is 17.2. The first-order valence-corrected chi connectivity index (χ1v) is 13.2. The number of allylic oxidation sites excluding steroid dienone is 1. The second kappa shape index (κ2) is 12.0. The van der Waals surface area contributed by atoms with Crippen LogP contribution in [0.1, 0.15) is 30.7 Å². The van der Waals surface area contributed by atoms with E-state index in [0.29, 0.717) is 52.2 Å². The van der Waals surface area contributed by atoms with Crippen molar-refractivity contribution < 1.29 is 28.9 Å². The number of nitrogens with one attached hydrogen (secondary N) is 1. The Balaban J connectivity index is 1.27. The Morgan fingerprint density at radius 3 is 2.45 bits per heavy atom. The van der Waals surface area contributed by atoms with Gasteiger partial charge in [0.1, 0.15) is 5.54 Å². The minimum Gasteiger partial charge on any atom is -0.459 e. The summed E-state index contributed by atoms with van der Waals surface area (Å²) in [4.78, 5) is 30.5. The quantitative estimate of drug-likeness (QED) is 0.489. The number of para-hydroxylation sites is 1. The number of aliphatic hydroxyl groups excluding tert-OH is 1. The standard InChI is InChI=1S/C29H35N3O6/c33-15-16-36-17-18-37-26-20-23(22-7-3-1-4-8-22)19-25(38-26)27(34)31-13-11-29(12-14-31)28(35)30-21-32(29)24-9-5-2-6-10-24/h1-10,19,23,26,33H,11-18,20-21H2,(H,30,35)/t23-,26+/m1/s1. The Morgan fingerprint density at radius 2 is 1.74 bits per heavy atom. The molecule has 9 nitrogen and oxygen atoms in total. The predicted octanol–water partition coefficient (Wildman–Crippen LogP) is 2.38. The molecule has 0 bridgehead atoms. The molecule has 0 aliphatic carbocycles. The number of rotatable bonds is 9. The molecule has 3 aliphatic rings. The van der Waals surface area contributed by atoms with Crippen molar-refractivity contribution >= 4 is 17.5 Å². The minimum atomic E-state index is -0.660. The summed E-state index contributed by atoms with van der Waals surface area (Å²) in [7, 11) is 0. The van der Waals surface area contributed by atoms with Crippen molar-refractivity contribution in [2.24, 2.45) is 0 Å². The molecule has 2 saturated heterocycles. The van der Waals surface area contributed by atoms with E-state index in [9.17, 15) is 9.59 Å². The van der Waals surface area contributed by atoms with Crippen molar-refractivity contribution in [2.45, 2.75) is 37.0 Å². The van der Waals surface area contributed by atoms with Gasteiger partial charge < -0.3 is 34.4 Å². The van der Waals surface area contributed by atoms with Crippen LogP contribution in [0.4, 0.5) is 5.69 Å². The number of piperidine rings is 1. The van der Waals surface area contributed by atoms with Crippen molar-refractivity contribution in [2.75, 3.05) is 51.1 Å². The lowest BCUT2D eigenvalue weighted by molar-refractivity contribution is -0.157. The molecule has 0 unspecified atom stereocenters. The van der Waals surface area contributed by atoms with Crippen molar-refractivity contribution in [3.05, 3.63) is 78.1 Å². The fraction of sp³-hybridized carbons (Fsp3) is 0.448. The molecule has 202 valence electrons. The van der Waals surface area contributed by atoms with E-state index in [1.54, 1.807) is 4.90 Å². The van der Waals surface area contributed by atoms with Crippen molar-refractivity contribution in [3.8, 4) is 0 Å². The Bertz CT molecular complexity index is 1120. The van der Waals surface area contributed by atoms with Gasteiger partial charge in [-0.05, 0) is 36.6 Å². The molecule has 2 aromatic rings. The molecule has 0 saturated carbocycles. The zero-order chi connectivity index (χ0) is 26.4. The third-order valence-electron chi connectivity index (χ3n) is 7.55. The molecule has 0 aromatic heterocycles. The van der Waals surface area contributed by atoms with Crippen LogP contribution < -0.4 is 10.2 Å². The van der Waals surface area contributed by atoms with E-state index >= 15 is 0 Å². The first kappa shape index (κ1) is 26.2. The first-order valence-electron chi connectivity index (χ1n) is 13.2. The largest absolute Gasteiger partial charge is 0.459 e. The van der Waals surface area contributed by atoms with Crippen LogP contribution in [0.3, 0.4) is 0 Å². The third kappa shape index (κ3) is 5.55. The Hall–Kier alpha value is -3.40. The first-order chi connectivity index (χ1) is 18.6. The van der Waals surface area contributed by atoms with Crippen LogP contribution in [0.2, 0.25) is 0 Å². The van der Waals surface area contributed by atoms with Crippen molar-refractivity contribution in [1.82, 2.24) is 10.2 Å². The van der Waals surface area contributed by atoms with Crippen LogP contribution in [0.5, 0.6) is 0 Å². The summed E-state index contributed by atoms with van der Waals surface area (Å²) in [6.07, 6.45) is 2.96. The maximum atomic E-state index is 13.6. The zero-order valence-electron chi connectivity index (χ0n) is 21.5. The van der Waals surface area contributed by atoms with E-state index in [1.807, 2.05) is 66.7 Å². The molecule has 0 radical (unpaired) electrons. The Labute approximate surface area is 223 Å². The van der Waals surface area contributed by atoms with Crippen LogP contribution in [0.15, 0.2) is 72.5 Å². The molecule has 3 heterocycles. The SMILES string of the molecule is O=C(C1=C[C@@H](c2ccccc2)C[C@@H](OCCOCCO)O1)N1CCC2(CC1)C(=O)NCN2c1ccccc1. The van der Waals surface area contributed by atoms with Gasteiger partial charge in [0, 0.05) is 31.1 Å². The van der Waals surface area contributed by atoms with Crippen LogP contribution >= 0.6 is 0 Å². The second-order valence-corrected chi connectivity index (χ2v) is 9.79. The normalized spacial score (nSPS) is 22.7. The van der Waals surface area contributed by atoms with Gasteiger partial charge >= 0.3 is 0 Å². The average Bonchev–Trinajstić information content (AvgIpc) is 3.28. The fourth-order valence-electron chi connectivity index (χ4n) is 5.52. The molecule has 9 heteroatoms. The number of carbonyl (C=O) groups excluding carboxylic acids is 2. The number of hydrogen-bond acceptors (Lipinski definition) is 7. The predicted molar refractivity (Wildman–Crippen MR) is 141 cm³/mol. The van der Waals surface area contributed by atoms with E-state index in [-0.39, 0.29) is 36.7 Å². The van der Waals surface area contributed by atoms with Crippen molar-refractivity contribution in [3.63, 3.8) is 0 Å². The van der Waals surface area contributed by atoms with Gasteiger partial charge in [-0.25, -0.2) is 0 Å². The van der Waals surface area contributed by atoms with E-state index in [0.717, 1.165) is 11.3 Å². The molecule has 5 rings (SSSR count). The summed E-state index contributed by atoms with van der Waals surface area (Å²) in [6.45, 7) is 2.20. The second-order valence-electron chi connectivity index (χ2n) is 9.79. The van der Waals surface area contributed by atoms with Gasteiger partial charge in [0.05, 0.1) is 33.1 Å². The van der Waals surface area contributed by atoms with Crippen molar-refractivity contribution in [1.29, 1.82) is 0 Å². The maximum absolute atomic E-state index is 13.6. The lowest BCUT2D eigenvalue weighted by Gasteiger charge is -2.43. The molecular formula is C29H35N3O6. The molecule has 1 spiro atoms. The Kier molecular flexibility index (Phi) is 8.26. The number of aliphatic hydroxyl groups is 1. The van der Waals surface area contributed by atoms with Crippen LogP contribution in [-0.2, 0) is 23.8 Å². The number of amides is 2. The minimum absolute atomic E-state index is 0.0163. The van der Waals surface area contributed by atoms with Gasteiger partial charge in [0.15, 0.2) is 5.76 Å². The number of anilines is 1. The lowest BCUT2D eigenvalue weighted by Crippen LogP contribution is -2.57. The summed E-state index contributed by atoms with van der Waals surface area (Å²) in [5.74, 6) is 0.0774. The zero-order valence-corrected chi connectivity index (χ0v) is 21.5. The number of likely N-dealkylation sites (tertiary alicyclic amines) is 1. The van der Waals surface area contributed by atoms with Crippen LogP contribution in [-0.4, -0.2) is 79.8 Å². The number of carbonyl (C=O) groups is 2. The summed E-state index contributed by atoms with van der Waals surface area (Å²) in [5.41, 5.74) is 1.43. The van der Waals surface area contributed by atoms with Gasteiger partial charge in [0.2, 0.25) is 12.2 Å². The third-order valence-corrected chi connectivity index (χ3v) is 7.55. The molecule has 2 amide bonds. The number of ether oxygens (including phenoxy) is 3. The molecular weight excluding hydrogens is 486 g/mol. The monoisotopic (exact) mass is 521 g/mol. The lowest BCUT2D eigenvalue weighted by atomic mass is 9.85. The molecule has 3 aliphatic heterocycles. The topological polar surface area (TPSA) is 101 Å². The van der Waals surface area contributed by atoms with E-state index in [4.69, 9.17) is 19.3 Å². The molecule has 2 N–H and O–H groups in total. The van der Waals surface area contributed by atoms with Crippen LogP contribution in [0, 0.1) is 0 Å². The van der Waals surface area contributed by atoms with Gasteiger partial charge in [-0.15, -0.1) is 0 Å². The molecule has 2 atom stereocenters. The Morgan fingerprint density at radius 1 is 1.03 bits per heavy atom.